The maximum atomic E-state index is 11.0. The molecular weight excluding hydrogens is 396 g/mol. The van der Waals surface area contributed by atoms with Crippen molar-refractivity contribution in [2.24, 2.45) is 5.11 Å². The zero-order valence-corrected chi connectivity index (χ0v) is 15.1. The van der Waals surface area contributed by atoms with Gasteiger partial charge in [-0.25, -0.2) is 4.98 Å². The van der Waals surface area contributed by atoms with E-state index in [2.05, 4.69) is 30.9 Å². The Hall–Kier alpha value is -2.85. The number of azide groups is 1. The molecule has 0 bridgehead atoms. The Balaban J connectivity index is 2.23. The first kappa shape index (κ1) is 19.9. The molecule has 0 aromatic carbocycles. The normalized spacial score (nSPS) is 29.2. The van der Waals surface area contributed by atoms with E-state index >= 15 is 0 Å². The number of aliphatic hydroxyl groups excluding tert-OH is 2. The summed E-state index contributed by atoms with van der Waals surface area (Å²) in [6, 6.07) is 0. The summed E-state index contributed by atoms with van der Waals surface area (Å²) in [5, 5.41) is 36.5. The molecule has 148 valence electrons. The van der Waals surface area contributed by atoms with Gasteiger partial charge in [-0.3, -0.25) is 4.57 Å². The molecule has 13 nitrogen and oxygen atoms in total. The lowest BCUT2D eigenvalue weighted by Crippen LogP contribution is -2.51. The van der Waals surface area contributed by atoms with Crippen LogP contribution in [-0.4, -0.2) is 65.5 Å². The fraction of sp³-hybridized carbons (Fsp3) is 0.500. The highest BCUT2D eigenvalue weighted by molar-refractivity contribution is 6.30. The first-order valence-corrected chi connectivity index (χ1v) is 8.25. The molecule has 5 N–H and O–H groups in total. The highest BCUT2D eigenvalue weighted by Gasteiger charge is 2.64. The Morgan fingerprint density at radius 3 is 2.93 bits per heavy atom. The summed E-state index contributed by atoms with van der Waals surface area (Å²) in [6.07, 6.45) is -2.27. The highest BCUT2D eigenvalue weighted by Crippen LogP contribution is 2.46. The van der Waals surface area contributed by atoms with Crippen LogP contribution in [0.15, 0.2) is 11.4 Å². The maximum absolute atomic E-state index is 11.0. The van der Waals surface area contributed by atoms with Crippen molar-refractivity contribution < 1.29 is 24.8 Å². The van der Waals surface area contributed by atoms with Gasteiger partial charge >= 0.3 is 0 Å². The Morgan fingerprint density at radius 2 is 2.32 bits per heavy atom. The van der Waals surface area contributed by atoms with Gasteiger partial charge in [-0.05, 0) is 30.0 Å². The lowest BCUT2D eigenvalue weighted by Gasteiger charge is -2.27. The van der Waals surface area contributed by atoms with Gasteiger partial charge in [-0.2, -0.15) is 9.97 Å². The quantitative estimate of drug-likeness (QED) is 0.219. The van der Waals surface area contributed by atoms with Gasteiger partial charge in [0.05, 0.1) is 19.5 Å². The second-order valence-electron chi connectivity index (χ2n) is 5.75. The number of nitrogens with two attached hydrogens (primary N) is 1. The molecule has 1 aliphatic rings. The van der Waals surface area contributed by atoms with E-state index in [0.717, 1.165) is 0 Å². The van der Waals surface area contributed by atoms with Gasteiger partial charge in [0.15, 0.2) is 17.4 Å². The number of fused-ring (bicyclic) bond motifs is 1. The number of rotatable bonds is 5. The molecule has 1 saturated heterocycles. The molecule has 0 aliphatic carbocycles. The van der Waals surface area contributed by atoms with Gasteiger partial charge in [0.2, 0.25) is 23.2 Å². The molecule has 3 heterocycles. The first-order chi connectivity index (χ1) is 13.4. The van der Waals surface area contributed by atoms with E-state index in [9.17, 15) is 15.3 Å². The van der Waals surface area contributed by atoms with Gasteiger partial charge in [0.25, 0.3) is 0 Å². The van der Waals surface area contributed by atoms with Crippen LogP contribution >= 0.6 is 11.6 Å². The summed E-state index contributed by atoms with van der Waals surface area (Å²) in [6.45, 7) is 1.07. The Bertz CT molecular complexity index is 1010. The standard InChI is InChI=1S/C14H15ClN8O5/c1-2-27-9-7-8(19-12(16)20-9)23(6-18-7)11-13(26,3-4-15)10(25)14(5-24,28-11)21-22-17/h6,10-11,24-26H,2,5H2,1H3,(H2,16,19,20)/t10-,11+,13+,14+/m0/s1. The van der Waals surface area contributed by atoms with Crippen molar-refractivity contribution >= 4 is 28.7 Å². The third kappa shape index (κ3) is 2.85. The third-order valence-electron chi connectivity index (χ3n) is 4.16. The second-order valence-corrected chi connectivity index (χ2v) is 5.94. The number of aliphatic hydroxyl groups is 3. The molecule has 0 radical (unpaired) electrons. The number of imidazole rings is 1. The number of anilines is 1. The number of hydrogen-bond acceptors (Lipinski definition) is 10. The predicted molar refractivity (Wildman–Crippen MR) is 94.6 cm³/mol. The minimum atomic E-state index is -2.39. The minimum absolute atomic E-state index is 0.0811. The average molecular weight is 411 g/mol. The summed E-state index contributed by atoms with van der Waals surface area (Å²) >= 11 is 5.44. The summed E-state index contributed by atoms with van der Waals surface area (Å²) < 4.78 is 12.1. The number of hydrogen-bond donors (Lipinski definition) is 4. The molecule has 14 heteroatoms. The molecule has 28 heavy (non-hydrogen) atoms. The van der Waals surface area contributed by atoms with Crippen LogP contribution in [0, 0.1) is 11.3 Å². The SMILES string of the molecule is CCOc1nc(N)nc2c1ncn2[C@@H]1O[C@@](CO)(N=[N+]=[N-])[C@@H](O)[C@]1(O)C#CCl. The lowest BCUT2D eigenvalue weighted by molar-refractivity contribution is -0.124. The number of halogens is 1. The summed E-state index contributed by atoms with van der Waals surface area (Å²) in [7, 11) is 0. The molecule has 3 rings (SSSR count). The second kappa shape index (κ2) is 7.28. The van der Waals surface area contributed by atoms with Crippen molar-refractivity contribution in [2.45, 2.75) is 30.6 Å². The smallest absolute Gasteiger partial charge is 0.247 e. The molecule has 0 saturated carbocycles. The molecule has 4 atom stereocenters. The zero-order chi connectivity index (χ0) is 20.5. The Kier molecular flexibility index (Phi) is 5.18. The van der Waals surface area contributed by atoms with Crippen LogP contribution in [0.5, 0.6) is 5.88 Å². The summed E-state index contributed by atoms with van der Waals surface area (Å²) in [4.78, 5) is 14.7. The molecule has 1 aliphatic heterocycles. The fourth-order valence-corrected chi connectivity index (χ4v) is 3.08. The van der Waals surface area contributed by atoms with Crippen molar-refractivity contribution in [2.75, 3.05) is 18.9 Å². The molecule has 0 unspecified atom stereocenters. The lowest BCUT2D eigenvalue weighted by atomic mass is 9.92. The van der Waals surface area contributed by atoms with Crippen LogP contribution in [0.4, 0.5) is 5.95 Å². The number of ether oxygens (including phenoxy) is 2. The van der Waals surface area contributed by atoms with Crippen LogP contribution in [0.3, 0.4) is 0 Å². The summed E-state index contributed by atoms with van der Waals surface area (Å²) in [5.41, 5.74) is 10.2. The van der Waals surface area contributed by atoms with E-state index < -0.39 is 30.3 Å². The van der Waals surface area contributed by atoms with Crippen molar-refractivity contribution in [1.82, 2.24) is 19.5 Å². The van der Waals surface area contributed by atoms with Gasteiger partial charge in [0.1, 0.15) is 6.10 Å². The van der Waals surface area contributed by atoms with E-state index in [1.807, 2.05) is 5.38 Å². The van der Waals surface area contributed by atoms with Crippen LogP contribution in [-0.2, 0) is 4.74 Å². The van der Waals surface area contributed by atoms with Crippen LogP contribution in [0.2, 0.25) is 0 Å². The van der Waals surface area contributed by atoms with E-state index in [4.69, 9.17) is 32.3 Å². The Labute approximate surface area is 162 Å². The van der Waals surface area contributed by atoms with Gasteiger partial charge < -0.3 is 30.5 Å². The highest BCUT2D eigenvalue weighted by atomic mass is 35.5. The van der Waals surface area contributed by atoms with E-state index in [0.29, 0.717) is 0 Å². The van der Waals surface area contributed by atoms with Crippen molar-refractivity contribution in [3.05, 3.63) is 16.8 Å². The van der Waals surface area contributed by atoms with Gasteiger partial charge in [-0.15, -0.1) is 0 Å². The van der Waals surface area contributed by atoms with E-state index in [1.54, 1.807) is 6.92 Å². The van der Waals surface area contributed by atoms with Crippen molar-refractivity contribution in [3.63, 3.8) is 0 Å². The molecule has 2 aromatic heterocycles. The van der Waals surface area contributed by atoms with Crippen molar-refractivity contribution in [3.8, 4) is 17.2 Å². The molecule has 0 spiro atoms. The predicted octanol–water partition coefficient (Wildman–Crippen LogP) is -0.373. The minimum Gasteiger partial charge on any atom is -0.476 e. The number of nitrogens with zero attached hydrogens (tertiary/aromatic N) is 7. The molecule has 1 fully saturated rings. The zero-order valence-electron chi connectivity index (χ0n) is 14.4. The monoisotopic (exact) mass is 410 g/mol. The Morgan fingerprint density at radius 1 is 1.57 bits per heavy atom. The summed E-state index contributed by atoms with van der Waals surface area (Å²) in [5.74, 6) is 2.17. The number of nitrogen functional groups attached to an aromatic ring is 1. The van der Waals surface area contributed by atoms with Gasteiger partial charge in [0, 0.05) is 10.3 Å². The van der Waals surface area contributed by atoms with Crippen LogP contribution in [0.1, 0.15) is 13.2 Å². The molecule has 0 amide bonds. The van der Waals surface area contributed by atoms with E-state index in [-0.39, 0.29) is 29.6 Å². The number of aromatic nitrogens is 4. The van der Waals surface area contributed by atoms with Crippen molar-refractivity contribution in [1.29, 1.82) is 0 Å². The van der Waals surface area contributed by atoms with Crippen LogP contribution < -0.4 is 10.5 Å². The fourth-order valence-electron chi connectivity index (χ4n) is 2.93. The average Bonchev–Trinajstić information content (AvgIpc) is 3.16. The van der Waals surface area contributed by atoms with E-state index in [1.165, 1.54) is 10.9 Å². The maximum Gasteiger partial charge on any atom is 0.247 e. The molecule has 2 aromatic rings. The third-order valence-corrected chi connectivity index (χ3v) is 4.26. The van der Waals surface area contributed by atoms with Crippen LogP contribution in [0.25, 0.3) is 21.6 Å². The van der Waals surface area contributed by atoms with Gasteiger partial charge in [-0.1, -0.05) is 5.11 Å². The largest absolute Gasteiger partial charge is 0.476 e. The molecular formula is C14H15ClN8O5. The topological polar surface area (TPSA) is 198 Å². The first-order valence-electron chi connectivity index (χ1n) is 7.87.